The summed E-state index contributed by atoms with van der Waals surface area (Å²) < 4.78 is 29.7. The SMILES string of the molecule is CC1=C(C#N)C(=O)N(C2CCS(=O)(=O)C2)C(=O)C1=Cc1cccc(Oc2ccccc2)c1. The highest BCUT2D eigenvalue weighted by molar-refractivity contribution is 7.91. The summed E-state index contributed by atoms with van der Waals surface area (Å²) in [5, 5.41) is 9.54. The number of sulfone groups is 1. The minimum absolute atomic E-state index is 0.0861. The van der Waals surface area contributed by atoms with Crippen molar-refractivity contribution in [2.45, 2.75) is 19.4 Å². The van der Waals surface area contributed by atoms with E-state index in [9.17, 15) is 23.3 Å². The van der Waals surface area contributed by atoms with Crippen molar-refractivity contribution in [2.75, 3.05) is 11.5 Å². The van der Waals surface area contributed by atoms with Gasteiger partial charge in [0.2, 0.25) is 0 Å². The van der Waals surface area contributed by atoms with E-state index in [0.29, 0.717) is 17.1 Å². The zero-order chi connectivity index (χ0) is 22.9. The summed E-state index contributed by atoms with van der Waals surface area (Å²) in [5.41, 5.74) is 0.944. The maximum atomic E-state index is 13.3. The number of amides is 2. The average Bonchev–Trinajstić information content (AvgIpc) is 3.12. The second kappa shape index (κ2) is 8.44. The Balaban J connectivity index is 1.71. The van der Waals surface area contributed by atoms with E-state index in [1.165, 1.54) is 0 Å². The van der Waals surface area contributed by atoms with Crippen molar-refractivity contribution in [2.24, 2.45) is 0 Å². The molecule has 0 bridgehead atoms. The Morgan fingerprint density at radius 1 is 1.06 bits per heavy atom. The molecule has 32 heavy (non-hydrogen) atoms. The Kier molecular flexibility index (Phi) is 5.68. The first-order chi connectivity index (χ1) is 15.3. The second-order valence-corrected chi connectivity index (χ2v) is 9.92. The first-order valence-corrected chi connectivity index (χ1v) is 11.9. The summed E-state index contributed by atoms with van der Waals surface area (Å²) in [6, 6.07) is 17.4. The minimum Gasteiger partial charge on any atom is -0.457 e. The molecule has 1 fully saturated rings. The third-order valence-corrected chi connectivity index (χ3v) is 7.24. The second-order valence-electron chi connectivity index (χ2n) is 7.69. The minimum atomic E-state index is -3.32. The first kappa shape index (κ1) is 21.5. The highest BCUT2D eigenvalue weighted by Gasteiger charge is 2.43. The molecule has 2 aliphatic rings. The van der Waals surface area contributed by atoms with Crippen LogP contribution in [0, 0.1) is 11.3 Å². The van der Waals surface area contributed by atoms with E-state index in [0.717, 1.165) is 4.90 Å². The number of nitrogens with zero attached hydrogens (tertiary/aromatic N) is 2. The van der Waals surface area contributed by atoms with E-state index < -0.39 is 27.7 Å². The van der Waals surface area contributed by atoms with Gasteiger partial charge in [0.15, 0.2) is 9.84 Å². The highest BCUT2D eigenvalue weighted by Crippen LogP contribution is 2.32. The first-order valence-electron chi connectivity index (χ1n) is 10.0. The third kappa shape index (κ3) is 4.20. The number of hydrogen-bond donors (Lipinski definition) is 0. The smallest absolute Gasteiger partial charge is 0.271 e. The summed E-state index contributed by atoms with van der Waals surface area (Å²) in [6.07, 6.45) is 1.76. The lowest BCUT2D eigenvalue weighted by Gasteiger charge is -2.31. The Bertz CT molecular complexity index is 1300. The molecule has 2 heterocycles. The monoisotopic (exact) mass is 448 g/mol. The number of ether oxygens (including phenoxy) is 1. The highest BCUT2D eigenvalue weighted by atomic mass is 32.2. The molecule has 0 aromatic heterocycles. The molecule has 1 atom stereocenters. The van der Waals surface area contributed by atoms with Crippen molar-refractivity contribution in [3.63, 3.8) is 0 Å². The van der Waals surface area contributed by atoms with Gasteiger partial charge < -0.3 is 4.74 Å². The van der Waals surface area contributed by atoms with Crippen molar-refractivity contribution >= 4 is 27.7 Å². The molecule has 162 valence electrons. The van der Waals surface area contributed by atoms with Crippen LogP contribution in [0.25, 0.3) is 6.08 Å². The third-order valence-electron chi connectivity index (χ3n) is 5.49. The van der Waals surface area contributed by atoms with Gasteiger partial charge in [-0.25, -0.2) is 8.42 Å². The van der Waals surface area contributed by atoms with E-state index in [1.54, 1.807) is 37.3 Å². The largest absolute Gasteiger partial charge is 0.457 e. The van der Waals surface area contributed by atoms with Crippen LogP contribution in [0.5, 0.6) is 11.5 Å². The van der Waals surface area contributed by atoms with Gasteiger partial charge in [-0.2, -0.15) is 5.26 Å². The molecule has 7 nitrogen and oxygen atoms in total. The molecule has 0 saturated carbocycles. The maximum Gasteiger partial charge on any atom is 0.271 e. The average molecular weight is 449 g/mol. The van der Waals surface area contributed by atoms with E-state index in [1.807, 2.05) is 36.4 Å². The van der Waals surface area contributed by atoms with Gasteiger partial charge in [-0.05, 0) is 54.8 Å². The normalized spacial score (nSPS) is 21.7. The molecule has 2 aliphatic heterocycles. The quantitative estimate of drug-likeness (QED) is 0.525. The van der Waals surface area contributed by atoms with Gasteiger partial charge >= 0.3 is 0 Å². The van der Waals surface area contributed by atoms with Crippen LogP contribution in [0.1, 0.15) is 18.9 Å². The lowest BCUT2D eigenvalue weighted by molar-refractivity contribution is -0.142. The van der Waals surface area contributed by atoms with E-state index in [-0.39, 0.29) is 34.6 Å². The fourth-order valence-corrected chi connectivity index (χ4v) is 5.57. The van der Waals surface area contributed by atoms with Crippen LogP contribution in [-0.2, 0) is 19.4 Å². The van der Waals surface area contributed by atoms with Crippen molar-refractivity contribution < 1.29 is 22.7 Å². The van der Waals surface area contributed by atoms with Crippen molar-refractivity contribution in [1.82, 2.24) is 4.90 Å². The van der Waals surface area contributed by atoms with Crippen LogP contribution in [0.4, 0.5) is 0 Å². The van der Waals surface area contributed by atoms with Crippen LogP contribution in [0.15, 0.2) is 71.3 Å². The van der Waals surface area contributed by atoms with Crippen molar-refractivity contribution in [1.29, 1.82) is 5.26 Å². The van der Waals surface area contributed by atoms with E-state index >= 15 is 0 Å². The van der Waals surface area contributed by atoms with Gasteiger partial charge in [-0.15, -0.1) is 0 Å². The maximum absolute atomic E-state index is 13.3. The predicted octanol–water partition coefficient (Wildman–Crippen LogP) is 3.26. The summed E-state index contributed by atoms with van der Waals surface area (Å²) >= 11 is 0. The molecule has 0 radical (unpaired) electrons. The van der Waals surface area contributed by atoms with Gasteiger partial charge in [0.1, 0.15) is 23.1 Å². The molecule has 1 unspecified atom stereocenters. The van der Waals surface area contributed by atoms with E-state index in [2.05, 4.69) is 0 Å². The summed E-state index contributed by atoms with van der Waals surface area (Å²) in [4.78, 5) is 27.0. The zero-order valence-electron chi connectivity index (χ0n) is 17.3. The molecule has 2 aromatic carbocycles. The Morgan fingerprint density at radius 3 is 2.44 bits per heavy atom. The molecule has 2 aromatic rings. The Morgan fingerprint density at radius 2 is 1.78 bits per heavy atom. The Hall–Kier alpha value is -3.70. The van der Waals surface area contributed by atoms with Gasteiger partial charge in [0.05, 0.1) is 17.5 Å². The van der Waals surface area contributed by atoms with Crippen LogP contribution in [0.2, 0.25) is 0 Å². The number of benzene rings is 2. The lowest BCUT2D eigenvalue weighted by Crippen LogP contribution is -2.49. The molecule has 0 N–H and O–H groups in total. The molecule has 0 spiro atoms. The predicted molar refractivity (Wildman–Crippen MR) is 118 cm³/mol. The molecule has 1 saturated heterocycles. The van der Waals surface area contributed by atoms with Gasteiger partial charge in [0, 0.05) is 5.57 Å². The molecular weight excluding hydrogens is 428 g/mol. The number of nitriles is 1. The number of carbonyl (C=O) groups is 2. The standard InChI is InChI=1S/C24H20N2O5S/c1-16-21(13-17-6-5-9-20(12-17)31-19-7-3-2-4-8-19)23(27)26(24(28)22(16)14-25)18-10-11-32(29,30)15-18/h2-9,12-13,18H,10-11,15H2,1H3. The van der Waals surface area contributed by atoms with Crippen LogP contribution in [0.3, 0.4) is 0 Å². The van der Waals surface area contributed by atoms with Gasteiger partial charge in [0.25, 0.3) is 11.8 Å². The number of carbonyl (C=O) groups excluding carboxylic acids is 2. The fourth-order valence-electron chi connectivity index (χ4n) is 3.87. The summed E-state index contributed by atoms with van der Waals surface area (Å²) in [7, 11) is -3.32. The van der Waals surface area contributed by atoms with Crippen LogP contribution < -0.4 is 4.74 Å². The topological polar surface area (TPSA) is 105 Å². The van der Waals surface area contributed by atoms with Crippen LogP contribution >= 0.6 is 0 Å². The summed E-state index contributed by atoms with van der Waals surface area (Å²) in [6.45, 7) is 1.55. The molecule has 0 aliphatic carbocycles. The molecule has 2 amide bonds. The summed E-state index contributed by atoms with van der Waals surface area (Å²) in [5.74, 6) is -0.482. The fraction of sp³-hybridized carbons (Fsp3) is 0.208. The Labute approximate surface area is 186 Å². The van der Waals surface area contributed by atoms with Gasteiger partial charge in [-0.1, -0.05) is 30.3 Å². The number of para-hydroxylation sites is 1. The number of imide groups is 1. The van der Waals surface area contributed by atoms with Gasteiger partial charge in [-0.3, -0.25) is 14.5 Å². The lowest BCUT2D eigenvalue weighted by atomic mass is 9.92. The molecule has 8 heteroatoms. The van der Waals surface area contributed by atoms with Crippen molar-refractivity contribution in [3.8, 4) is 17.6 Å². The number of hydrogen-bond acceptors (Lipinski definition) is 6. The van der Waals surface area contributed by atoms with E-state index in [4.69, 9.17) is 4.74 Å². The van der Waals surface area contributed by atoms with Crippen molar-refractivity contribution in [3.05, 3.63) is 76.9 Å². The number of rotatable bonds is 4. The molecular formula is C24H20N2O5S. The molecule has 4 rings (SSSR count). The zero-order valence-corrected chi connectivity index (χ0v) is 18.1. The van der Waals surface area contributed by atoms with Crippen LogP contribution in [-0.4, -0.2) is 42.7 Å².